The monoisotopic (exact) mass is 514 g/mol. The number of carbonyl (C=O) groups excluding carboxylic acids is 1. The highest BCUT2D eigenvalue weighted by Crippen LogP contribution is 2.35. The lowest BCUT2D eigenvalue weighted by Gasteiger charge is -2.11. The first-order chi connectivity index (χ1) is 14.9. The van der Waals surface area contributed by atoms with Crippen LogP contribution in [0.5, 0.6) is 5.75 Å². The molecule has 0 saturated heterocycles. The molecule has 0 bridgehead atoms. The van der Waals surface area contributed by atoms with Crippen molar-refractivity contribution in [3.8, 4) is 11.8 Å². The summed E-state index contributed by atoms with van der Waals surface area (Å²) in [4.78, 5) is 12.5. The largest absolute Gasteiger partial charge is 0.486 e. The molecule has 0 fully saturated rings. The molecule has 0 radical (unpaired) electrons. The van der Waals surface area contributed by atoms with Crippen molar-refractivity contribution in [2.24, 2.45) is 0 Å². The molecule has 4 nitrogen and oxygen atoms in total. The molecule has 1 amide bonds. The lowest BCUT2D eigenvalue weighted by Crippen LogP contribution is -2.13. The van der Waals surface area contributed by atoms with Crippen LogP contribution < -0.4 is 10.1 Å². The van der Waals surface area contributed by atoms with Crippen molar-refractivity contribution in [3.63, 3.8) is 0 Å². The minimum atomic E-state index is -0.518. The van der Waals surface area contributed by atoms with Crippen LogP contribution in [0.25, 0.3) is 6.08 Å². The molecule has 0 saturated carbocycles. The number of rotatable bonds is 6. The van der Waals surface area contributed by atoms with E-state index >= 15 is 0 Å². The topological polar surface area (TPSA) is 62.1 Å². The van der Waals surface area contributed by atoms with Gasteiger partial charge in [-0.15, -0.1) is 0 Å². The standard InChI is InChI=1S/C24H17BrCl2N2O2/c1-15-3-2-4-20(9-15)29-24(30)18(13-28)10-17-11-21(26)23(22(27)12-17)31-14-16-5-7-19(25)8-6-16/h2-12H,14H2,1H3,(H,29,30)/b18-10-. The summed E-state index contributed by atoms with van der Waals surface area (Å²) in [6, 6.07) is 20.1. The molecule has 3 rings (SSSR count). The van der Waals surface area contributed by atoms with Crippen LogP contribution in [0.3, 0.4) is 0 Å². The fourth-order valence-electron chi connectivity index (χ4n) is 2.77. The highest BCUT2D eigenvalue weighted by Gasteiger charge is 2.13. The van der Waals surface area contributed by atoms with E-state index < -0.39 is 5.91 Å². The summed E-state index contributed by atoms with van der Waals surface area (Å²) in [7, 11) is 0. The maximum Gasteiger partial charge on any atom is 0.266 e. The summed E-state index contributed by atoms with van der Waals surface area (Å²) >= 11 is 16.1. The second kappa shape index (κ2) is 10.5. The number of carbonyl (C=O) groups is 1. The number of ether oxygens (including phenoxy) is 1. The van der Waals surface area contributed by atoms with Gasteiger partial charge in [-0.3, -0.25) is 4.79 Å². The van der Waals surface area contributed by atoms with E-state index in [1.807, 2.05) is 55.5 Å². The zero-order chi connectivity index (χ0) is 22.4. The molecule has 1 N–H and O–H groups in total. The maximum absolute atomic E-state index is 12.5. The molecule has 0 aliphatic carbocycles. The zero-order valence-electron chi connectivity index (χ0n) is 16.5. The molecule has 0 aliphatic heterocycles. The summed E-state index contributed by atoms with van der Waals surface area (Å²) in [5, 5.41) is 12.7. The maximum atomic E-state index is 12.5. The van der Waals surface area contributed by atoms with Gasteiger partial charge < -0.3 is 10.1 Å². The second-order valence-electron chi connectivity index (χ2n) is 6.72. The quantitative estimate of drug-likeness (QED) is 0.279. The molecule has 0 aliphatic rings. The van der Waals surface area contributed by atoms with Crippen LogP contribution in [0.15, 0.2) is 70.7 Å². The van der Waals surface area contributed by atoms with Gasteiger partial charge in [0.1, 0.15) is 18.2 Å². The predicted molar refractivity (Wildman–Crippen MR) is 128 cm³/mol. The molecule has 31 heavy (non-hydrogen) atoms. The average molecular weight is 516 g/mol. The van der Waals surface area contributed by atoms with Crippen LogP contribution in [-0.2, 0) is 11.4 Å². The molecule has 7 heteroatoms. The Morgan fingerprint density at radius 1 is 1.13 bits per heavy atom. The number of nitrogens with zero attached hydrogens (tertiary/aromatic N) is 1. The van der Waals surface area contributed by atoms with Gasteiger partial charge >= 0.3 is 0 Å². The first-order valence-electron chi connectivity index (χ1n) is 9.22. The Morgan fingerprint density at radius 3 is 2.42 bits per heavy atom. The van der Waals surface area contributed by atoms with E-state index in [1.54, 1.807) is 18.2 Å². The summed E-state index contributed by atoms with van der Waals surface area (Å²) in [5.41, 5.74) is 3.01. The Labute approximate surface area is 199 Å². The lowest BCUT2D eigenvalue weighted by molar-refractivity contribution is -0.112. The lowest BCUT2D eigenvalue weighted by atomic mass is 10.1. The third kappa shape index (κ3) is 6.35. The minimum Gasteiger partial charge on any atom is -0.486 e. The van der Waals surface area contributed by atoms with Crippen LogP contribution in [0.2, 0.25) is 10.0 Å². The fraction of sp³-hybridized carbons (Fsp3) is 0.0833. The van der Waals surface area contributed by atoms with E-state index in [0.29, 0.717) is 23.6 Å². The third-order valence-corrected chi connectivity index (χ3v) is 5.36. The van der Waals surface area contributed by atoms with Gasteiger partial charge in [-0.1, -0.05) is 63.4 Å². The third-order valence-electron chi connectivity index (χ3n) is 4.27. The van der Waals surface area contributed by atoms with Gasteiger partial charge in [-0.25, -0.2) is 0 Å². The first-order valence-corrected chi connectivity index (χ1v) is 10.8. The van der Waals surface area contributed by atoms with Crippen molar-refractivity contribution in [3.05, 3.63) is 97.4 Å². The summed E-state index contributed by atoms with van der Waals surface area (Å²) < 4.78 is 6.75. The van der Waals surface area contributed by atoms with Crippen molar-refractivity contribution < 1.29 is 9.53 Å². The average Bonchev–Trinajstić information content (AvgIpc) is 2.72. The molecule has 3 aromatic rings. The van der Waals surface area contributed by atoms with E-state index in [-0.39, 0.29) is 15.6 Å². The number of nitrogens with one attached hydrogen (secondary N) is 1. The number of halogens is 3. The van der Waals surface area contributed by atoms with E-state index in [2.05, 4.69) is 21.2 Å². The van der Waals surface area contributed by atoms with Crippen molar-refractivity contribution >= 4 is 56.8 Å². The Kier molecular flexibility index (Phi) is 7.75. The highest BCUT2D eigenvalue weighted by atomic mass is 79.9. The Balaban J connectivity index is 1.76. The normalized spacial score (nSPS) is 11.0. The number of anilines is 1. The van der Waals surface area contributed by atoms with E-state index in [0.717, 1.165) is 15.6 Å². The van der Waals surface area contributed by atoms with Crippen molar-refractivity contribution in [2.75, 3.05) is 5.32 Å². The number of benzene rings is 3. The SMILES string of the molecule is Cc1cccc(NC(=O)/C(C#N)=C\c2cc(Cl)c(OCc3ccc(Br)cc3)c(Cl)c2)c1. The van der Waals surface area contributed by atoms with Crippen molar-refractivity contribution in [1.82, 2.24) is 0 Å². The smallest absolute Gasteiger partial charge is 0.266 e. The van der Waals surface area contributed by atoms with Crippen LogP contribution in [0, 0.1) is 18.3 Å². The van der Waals surface area contributed by atoms with Gasteiger partial charge in [0.05, 0.1) is 10.0 Å². The van der Waals surface area contributed by atoms with Crippen LogP contribution in [-0.4, -0.2) is 5.91 Å². The van der Waals surface area contributed by atoms with E-state index in [4.69, 9.17) is 27.9 Å². The molecular weight excluding hydrogens is 499 g/mol. The molecule has 0 unspecified atom stereocenters. The molecule has 0 spiro atoms. The van der Waals surface area contributed by atoms with Crippen molar-refractivity contribution in [2.45, 2.75) is 13.5 Å². The molecule has 156 valence electrons. The first kappa shape index (κ1) is 22.9. The molecule has 3 aromatic carbocycles. The van der Waals surface area contributed by atoms with Gasteiger partial charge in [0.25, 0.3) is 5.91 Å². The number of hydrogen-bond acceptors (Lipinski definition) is 3. The number of aryl methyl sites for hydroxylation is 1. The summed E-state index contributed by atoms with van der Waals surface area (Å²) in [5.74, 6) is -0.179. The van der Waals surface area contributed by atoms with Crippen LogP contribution >= 0.6 is 39.1 Å². The van der Waals surface area contributed by atoms with Crippen LogP contribution in [0.4, 0.5) is 5.69 Å². The van der Waals surface area contributed by atoms with E-state index in [1.165, 1.54) is 6.08 Å². The van der Waals surface area contributed by atoms with Gasteiger partial charge in [-0.2, -0.15) is 5.26 Å². The molecule has 0 aromatic heterocycles. The van der Waals surface area contributed by atoms with Gasteiger partial charge in [0.2, 0.25) is 0 Å². The van der Waals surface area contributed by atoms with Gasteiger partial charge in [0.15, 0.2) is 5.75 Å². The highest BCUT2D eigenvalue weighted by molar-refractivity contribution is 9.10. The van der Waals surface area contributed by atoms with Gasteiger partial charge in [0, 0.05) is 10.2 Å². The Morgan fingerprint density at radius 2 is 1.81 bits per heavy atom. The number of nitriles is 1. The summed E-state index contributed by atoms with van der Waals surface area (Å²) in [6.45, 7) is 2.21. The Bertz CT molecular complexity index is 1160. The molecule has 0 heterocycles. The molecule has 0 atom stereocenters. The minimum absolute atomic E-state index is 0.0721. The number of hydrogen-bond donors (Lipinski definition) is 1. The van der Waals surface area contributed by atoms with Crippen molar-refractivity contribution in [1.29, 1.82) is 5.26 Å². The number of amides is 1. The zero-order valence-corrected chi connectivity index (χ0v) is 19.6. The second-order valence-corrected chi connectivity index (χ2v) is 8.45. The predicted octanol–water partition coefficient (Wildman–Crippen LogP) is 7.19. The fourth-order valence-corrected chi connectivity index (χ4v) is 3.65. The molecular formula is C24H17BrCl2N2O2. The van der Waals surface area contributed by atoms with E-state index in [9.17, 15) is 10.1 Å². The van der Waals surface area contributed by atoms with Crippen LogP contribution in [0.1, 0.15) is 16.7 Å². The Hall–Kier alpha value is -2.78. The summed E-state index contributed by atoms with van der Waals surface area (Å²) in [6.07, 6.45) is 1.43. The van der Waals surface area contributed by atoms with Gasteiger partial charge in [-0.05, 0) is 66.1 Å².